The largest absolute Gasteiger partial charge is 0.490 e. The fraction of sp³-hybridized carbons (Fsp3) is 0.643. The second-order valence-corrected chi connectivity index (χ2v) is 12.4. The first kappa shape index (κ1) is 27.4. The summed E-state index contributed by atoms with van der Waals surface area (Å²) in [4.78, 5) is 50.2. The summed E-state index contributed by atoms with van der Waals surface area (Å²) >= 11 is 0. The van der Waals surface area contributed by atoms with Crippen molar-refractivity contribution in [2.45, 2.75) is 43.5 Å². The van der Waals surface area contributed by atoms with Crippen LogP contribution in [0.2, 0.25) is 0 Å². The Morgan fingerprint density at radius 3 is 2.47 bits per heavy atom. The predicted molar refractivity (Wildman–Crippen MR) is 116 cm³/mol. The first-order valence-electron chi connectivity index (χ1n) is 10.1. The maximum atomic E-state index is 15.0. The molecule has 2 aromatic rings. The van der Waals surface area contributed by atoms with Gasteiger partial charge in [-0.2, -0.15) is 18.6 Å². The summed E-state index contributed by atoms with van der Waals surface area (Å²) in [7, 11) is -15.0. The van der Waals surface area contributed by atoms with Crippen molar-refractivity contribution in [3.63, 3.8) is 0 Å². The van der Waals surface area contributed by atoms with Crippen molar-refractivity contribution in [1.82, 2.24) is 19.5 Å². The lowest BCUT2D eigenvalue weighted by molar-refractivity contribution is -0.0450. The predicted octanol–water partition coefficient (Wildman–Crippen LogP) is -0.0532. The van der Waals surface area contributed by atoms with E-state index in [1.807, 2.05) is 4.90 Å². The van der Waals surface area contributed by atoms with Gasteiger partial charge in [-0.3, -0.25) is 9.09 Å². The van der Waals surface area contributed by atoms with Crippen LogP contribution in [0.4, 0.5) is 16.2 Å². The van der Waals surface area contributed by atoms with E-state index in [2.05, 4.69) is 28.1 Å². The molecule has 6 atom stereocenters. The minimum absolute atomic E-state index is 0.0957. The smallest absolute Gasteiger partial charge is 0.387 e. The van der Waals surface area contributed by atoms with Crippen molar-refractivity contribution in [3.8, 4) is 0 Å². The molecule has 2 fully saturated rings. The molecule has 1 aliphatic heterocycles. The van der Waals surface area contributed by atoms with Crippen LogP contribution in [-0.4, -0.2) is 82.3 Å². The molecule has 1 aliphatic carbocycles. The lowest BCUT2D eigenvalue weighted by atomic mass is 10.1. The van der Waals surface area contributed by atoms with E-state index in [-0.39, 0.29) is 17.6 Å². The molecule has 7 N–H and O–H groups in total. The Hall–Kier alpha value is -1.59. The van der Waals surface area contributed by atoms with Gasteiger partial charge in [0.1, 0.15) is 12.2 Å². The summed E-state index contributed by atoms with van der Waals surface area (Å²) in [5, 5.41) is 10.2. The number of aliphatic hydroxyl groups excluding tert-OH is 1. The summed E-state index contributed by atoms with van der Waals surface area (Å²) < 4.78 is 67.2. The van der Waals surface area contributed by atoms with Gasteiger partial charge in [0, 0.05) is 13.1 Å². The first-order chi connectivity index (χ1) is 16.6. The molecular formula is C14H22FN6O12P3. The van der Waals surface area contributed by atoms with Crippen molar-refractivity contribution in [1.29, 1.82) is 0 Å². The molecule has 1 saturated heterocycles. The number of aliphatic hydroxyl groups is 1. The number of hydrogen-bond donors (Lipinski definition) is 6. The Kier molecular flexibility index (Phi) is 7.33. The van der Waals surface area contributed by atoms with Gasteiger partial charge in [-0.05, 0) is 12.8 Å². The number of imidazole rings is 1. The highest BCUT2D eigenvalue weighted by atomic mass is 31.3. The number of aromatic nitrogens is 4. The molecule has 0 spiro atoms. The molecule has 2 aliphatic rings. The Bertz CT molecular complexity index is 1290. The molecule has 2 aromatic heterocycles. The Morgan fingerprint density at radius 1 is 1.19 bits per heavy atom. The highest BCUT2D eigenvalue weighted by Crippen LogP contribution is 2.66. The van der Waals surface area contributed by atoms with Crippen LogP contribution in [0.15, 0.2) is 6.33 Å². The van der Waals surface area contributed by atoms with E-state index in [0.717, 1.165) is 17.4 Å². The molecule has 36 heavy (non-hydrogen) atoms. The second kappa shape index (κ2) is 9.62. The van der Waals surface area contributed by atoms with Crippen LogP contribution in [0, 0.1) is 0 Å². The van der Waals surface area contributed by atoms with Gasteiger partial charge < -0.3 is 40.1 Å². The third-order valence-electron chi connectivity index (χ3n) is 5.23. The highest BCUT2D eigenvalue weighted by Gasteiger charge is 2.48. The fourth-order valence-corrected chi connectivity index (χ4v) is 6.55. The molecule has 18 nitrogen and oxygen atoms in total. The molecule has 0 amide bonds. The van der Waals surface area contributed by atoms with Gasteiger partial charge in [0.25, 0.3) is 0 Å². The molecule has 0 aromatic carbocycles. The van der Waals surface area contributed by atoms with Crippen LogP contribution in [0.3, 0.4) is 0 Å². The summed E-state index contributed by atoms with van der Waals surface area (Å²) in [6, 6.07) is 0.241. The molecule has 3 heterocycles. The number of nitrogens with zero attached hydrogens (tertiary/aromatic N) is 5. The molecule has 0 bridgehead atoms. The molecule has 22 heteroatoms. The maximum Gasteiger partial charge on any atom is 0.490 e. The van der Waals surface area contributed by atoms with Crippen molar-refractivity contribution < 1.29 is 60.6 Å². The lowest BCUT2D eigenvalue weighted by Gasteiger charge is -2.19. The Labute approximate surface area is 201 Å². The number of anilines is 2. The van der Waals surface area contributed by atoms with Gasteiger partial charge >= 0.3 is 23.5 Å². The number of nitrogen functional groups attached to an aromatic ring is 1. The van der Waals surface area contributed by atoms with Crippen LogP contribution < -0.4 is 10.6 Å². The van der Waals surface area contributed by atoms with E-state index in [0.29, 0.717) is 11.3 Å². The fourth-order valence-electron chi connectivity index (χ4n) is 3.52. The minimum atomic E-state index is -5.74. The number of alkyl halides is 1. The summed E-state index contributed by atoms with van der Waals surface area (Å²) in [6.07, 6.45) is -4.06. The SMILES string of the molecule is CN(c1nc(N)nc2c1ncn2[C@@H]1O[C@H](COP(=O)(O)OP(=O)(O)OP(=O)(O)O)[C@@H](O)[C@@H]1F)C1CC1. The normalized spacial score (nSPS) is 28.2. The molecular weight excluding hydrogens is 556 g/mol. The third-order valence-corrected chi connectivity index (χ3v) is 9.04. The van der Waals surface area contributed by atoms with Crippen molar-refractivity contribution in [3.05, 3.63) is 6.33 Å². The minimum Gasteiger partial charge on any atom is -0.387 e. The van der Waals surface area contributed by atoms with Crippen LogP contribution in [0.5, 0.6) is 0 Å². The van der Waals surface area contributed by atoms with Gasteiger partial charge in [0.2, 0.25) is 5.95 Å². The highest BCUT2D eigenvalue weighted by molar-refractivity contribution is 7.66. The average molecular weight is 578 g/mol. The van der Waals surface area contributed by atoms with E-state index < -0.39 is 54.7 Å². The van der Waals surface area contributed by atoms with Gasteiger partial charge in [-0.15, -0.1) is 0 Å². The topological polar surface area (TPSA) is 262 Å². The van der Waals surface area contributed by atoms with E-state index in [4.69, 9.17) is 20.3 Å². The van der Waals surface area contributed by atoms with Crippen LogP contribution in [0.1, 0.15) is 19.1 Å². The van der Waals surface area contributed by atoms with Crippen LogP contribution in [0.25, 0.3) is 11.2 Å². The van der Waals surface area contributed by atoms with E-state index >= 15 is 0 Å². The maximum absolute atomic E-state index is 15.0. The number of rotatable bonds is 10. The number of halogens is 1. The van der Waals surface area contributed by atoms with Gasteiger partial charge in [-0.1, -0.05) is 0 Å². The number of phosphoric acid groups is 3. The molecule has 202 valence electrons. The number of fused-ring (bicyclic) bond motifs is 1. The summed E-state index contributed by atoms with van der Waals surface area (Å²) in [5.41, 5.74) is 6.20. The average Bonchev–Trinajstić information content (AvgIpc) is 3.43. The van der Waals surface area contributed by atoms with Gasteiger partial charge in [0.05, 0.1) is 12.9 Å². The Morgan fingerprint density at radius 2 is 1.86 bits per heavy atom. The second-order valence-electron chi connectivity index (χ2n) is 7.96. The Balaban J connectivity index is 1.49. The van der Waals surface area contributed by atoms with E-state index in [9.17, 15) is 33.0 Å². The van der Waals surface area contributed by atoms with Gasteiger partial charge in [0.15, 0.2) is 29.4 Å². The van der Waals surface area contributed by atoms with E-state index in [1.165, 1.54) is 6.33 Å². The molecule has 2 unspecified atom stereocenters. The standard InChI is InChI=1S/C14H22FN6O12P3/c1-20(6-2-3-6)11-9-12(19-14(16)18-11)21(5-17-9)13-8(15)10(22)7(31-13)4-30-35(26,27)33-36(28,29)32-34(23,24)25/h5-8,10,13,22H,2-4H2,1H3,(H,26,27)(H,28,29)(H2,16,18,19)(H2,23,24,25)/t7-,8+,10-,13-/m1/s1. The quantitative estimate of drug-likeness (QED) is 0.202. The third kappa shape index (κ3) is 6.10. The van der Waals surface area contributed by atoms with Crippen LogP contribution >= 0.6 is 23.5 Å². The first-order valence-corrected chi connectivity index (χ1v) is 14.6. The zero-order valence-electron chi connectivity index (χ0n) is 18.2. The summed E-state index contributed by atoms with van der Waals surface area (Å²) in [5.74, 6) is 0.293. The molecule has 4 rings (SSSR count). The monoisotopic (exact) mass is 578 g/mol. The summed E-state index contributed by atoms with van der Waals surface area (Å²) in [6.45, 7) is -1.04. The number of phosphoric ester groups is 1. The molecule has 0 radical (unpaired) electrons. The lowest BCUT2D eigenvalue weighted by Crippen LogP contribution is -2.31. The number of nitrogens with two attached hydrogens (primary N) is 1. The zero-order valence-corrected chi connectivity index (χ0v) is 20.9. The van der Waals surface area contributed by atoms with Gasteiger partial charge in [-0.25, -0.2) is 23.1 Å². The van der Waals surface area contributed by atoms with Crippen molar-refractivity contribution in [2.24, 2.45) is 0 Å². The zero-order chi connectivity index (χ0) is 26.6. The molecule has 1 saturated carbocycles. The number of hydrogen-bond acceptors (Lipinski definition) is 13. The number of ether oxygens (including phenoxy) is 1. The van der Waals surface area contributed by atoms with Crippen LogP contribution in [-0.2, 0) is 31.6 Å². The van der Waals surface area contributed by atoms with Crippen molar-refractivity contribution in [2.75, 3.05) is 24.3 Å². The van der Waals surface area contributed by atoms with Crippen molar-refractivity contribution >= 4 is 46.4 Å². The van der Waals surface area contributed by atoms with E-state index in [1.54, 1.807) is 7.05 Å².